The van der Waals surface area contributed by atoms with Gasteiger partial charge in [-0.3, -0.25) is 4.79 Å². The minimum atomic E-state index is -0.592. The first-order valence-electron chi connectivity index (χ1n) is 6.81. The number of aryl methyl sites for hydroxylation is 1. The first-order chi connectivity index (χ1) is 10.1. The third-order valence-corrected chi connectivity index (χ3v) is 4.24. The summed E-state index contributed by atoms with van der Waals surface area (Å²) in [5.41, 5.74) is 0.629. The second-order valence-corrected chi connectivity index (χ2v) is 6.11. The molecule has 1 saturated heterocycles. The third-order valence-electron chi connectivity index (χ3n) is 3.75. The van der Waals surface area contributed by atoms with Gasteiger partial charge in [0.15, 0.2) is 0 Å². The van der Waals surface area contributed by atoms with Crippen LogP contribution in [-0.2, 0) is 0 Å². The topological polar surface area (TPSA) is 71.3 Å². The van der Waals surface area contributed by atoms with Crippen molar-refractivity contribution in [2.75, 3.05) is 13.1 Å². The fourth-order valence-corrected chi connectivity index (χ4v) is 2.98. The van der Waals surface area contributed by atoms with Gasteiger partial charge in [-0.25, -0.2) is 4.79 Å². The number of carbonyl (C=O) groups excluding carboxylic acids is 1. The molecule has 1 fully saturated rings. The number of halogens is 1. The molecule has 0 saturated carbocycles. The highest BCUT2D eigenvalue weighted by Gasteiger charge is 2.22. The molecule has 1 unspecified atom stereocenters. The van der Waals surface area contributed by atoms with Crippen LogP contribution in [0.15, 0.2) is 31.9 Å². The maximum atomic E-state index is 12.4. The molecule has 0 aliphatic carbocycles. The Hall–Kier alpha value is -1.66. The number of amides is 1. The summed E-state index contributed by atoms with van der Waals surface area (Å²) in [7, 11) is 0. The van der Waals surface area contributed by atoms with Crippen LogP contribution in [0.5, 0.6) is 0 Å². The summed E-state index contributed by atoms with van der Waals surface area (Å²) < 4.78 is 6.13. The Bertz CT molecular complexity index is 763. The predicted molar refractivity (Wildman–Crippen MR) is 83.7 cm³/mol. The van der Waals surface area contributed by atoms with E-state index in [2.05, 4.69) is 26.6 Å². The number of hydrogen-bond acceptors (Lipinski definition) is 4. The van der Waals surface area contributed by atoms with E-state index in [9.17, 15) is 9.59 Å². The zero-order valence-electron chi connectivity index (χ0n) is 11.5. The summed E-state index contributed by atoms with van der Waals surface area (Å²) in [6.45, 7) is 3.38. The SMILES string of the molecule is Cc1c(C(=O)NC2CCNC2)c(=O)oc2ccc(Br)cc12. The Morgan fingerprint density at radius 2 is 2.29 bits per heavy atom. The van der Waals surface area contributed by atoms with Gasteiger partial charge in [-0.2, -0.15) is 0 Å². The van der Waals surface area contributed by atoms with Crippen LogP contribution in [0.4, 0.5) is 0 Å². The average molecular weight is 351 g/mol. The number of carbonyl (C=O) groups is 1. The van der Waals surface area contributed by atoms with E-state index in [1.807, 2.05) is 6.07 Å². The number of nitrogens with one attached hydrogen (secondary N) is 2. The molecule has 0 spiro atoms. The summed E-state index contributed by atoms with van der Waals surface area (Å²) >= 11 is 3.39. The fourth-order valence-electron chi connectivity index (χ4n) is 2.62. The zero-order valence-corrected chi connectivity index (χ0v) is 13.1. The summed E-state index contributed by atoms with van der Waals surface area (Å²) in [6.07, 6.45) is 0.870. The molecular weight excluding hydrogens is 336 g/mol. The minimum Gasteiger partial charge on any atom is -0.422 e. The highest BCUT2D eigenvalue weighted by molar-refractivity contribution is 9.10. The van der Waals surface area contributed by atoms with Gasteiger partial charge in [0.1, 0.15) is 11.1 Å². The second-order valence-electron chi connectivity index (χ2n) is 5.19. The van der Waals surface area contributed by atoms with Gasteiger partial charge in [0.2, 0.25) is 0 Å². The van der Waals surface area contributed by atoms with Crippen molar-refractivity contribution >= 4 is 32.8 Å². The second kappa shape index (κ2) is 5.61. The van der Waals surface area contributed by atoms with Gasteiger partial charge in [-0.05, 0) is 43.7 Å². The molecule has 1 aromatic heterocycles. The van der Waals surface area contributed by atoms with Crippen LogP contribution in [0.2, 0.25) is 0 Å². The van der Waals surface area contributed by atoms with Crippen molar-refractivity contribution in [2.24, 2.45) is 0 Å². The molecule has 1 amide bonds. The Morgan fingerprint density at radius 3 is 3.00 bits per heavy atom. The normalized spacial score (nSPS) is 18.1. The molecule has 1 aromatic carbocycles. The molecule has 2 aromatic rings. The molecule has 2 N–H and O–H groups in total. The maximum Gasteiger partial charge on any atom is 0.349 e. The first-order valence-corrected chi connectivity index (χ1v) is 7.60. The van der Waals surface area contributed by atoms with Crippen LogP contribution >= 0.6 is 15.9 Å². The van der Waals surface area contributed by atoms with Crippen molar-refractivity contribution in [1.82, 2.24) is 10.6 Å². The van der Waals surface area contributed by atoms with Crippen LogP contribution in [0, 0.1) is 6.92 Å². The van der Waals surface area contributed by atoms with Gasteiger partial charge in [-0.1, -0.05) is 15.9 Å². The Labute approximate surface area is 129 Å². The largest absolute Gasteiger partial charge is 0.422 e. The summed E-state index contributed by atoms with van der Waals surface area (Å²) in [6, 6.07) is 5.43. The van der Waals surface area contributed by atoms with Crippen LogP contribution < -0.4 is 16.3 Å². The molecule has 1 atom stereocenters. The van der Waals surface area contributed by atoms with E-state index >= 15 is 0 Å². The van der Waals surface area contributed by atoms with Crippen molar-refractivity contribution in [1.29, 1.82) is 0 Å². The molecule has 6 heteroatoms. The molecule has 0 radical (unpaired) electrons. The van der Waals surface area contributed by atoms with E-state index in [-0.39, 0.29) is 17.5 Å². The number of fused-ring (bicyclic) bond motifs is 1. The quantitative estimate of drug-likeness (QED) is 0.812. The lowest BCUT2D eigenvalue weighted by atomic mass is 10.1. The number of rotatable bonds is 2. The van der Waals surface area contributed by atoms with E-state index in [0.29, 0.717) is 11.1 Å². The van der Waals surface area contributed by atoms with Crippen molar-refractivity contribution in [2.45, 2.75) is 19.4 Å². The molecule has 21 heavy (non-hydrogen) atoms. The molecular formula is C15H15BrN2O3. The highest BCUT2D eigenvalue weighted by Crippen LogP contribution is 2.23. The smallest absolute Gasteiger partial charge is 0.349 e. The van der Waals surface area contributed by atoms with Crippen LogP contribution in [0.1, 0.15) is 22.3 Å². The van der Waals surface area contributed by atoms with Crippen LogP contribution in [0.3, 0.4) is 0 Å². The molecule has 1 aliphatic rings. The van der Waals surface area contributed by atoms with Gasteiger partial charge >= 0.3 is 5.63 Å². The van der Waals surface area contributed by atoms with Crippen molar-refractivity contribution in [3.8, 4) is 0 Å². The maximum absolute atomic E-state index is 12.4. The van der Waals surface area contributed by atoms with E-state index in [0.717, 1.165) is 29.4 Å². The Balaban J connectivity index is 2.04. The van der Waals surface area contributed by atoms with Crippen molar-refractivity contribution in [3.63, 3.8) is 0 Å². The van der Waals surface area contributed by atoms with Gasteiger partial charge in [-0.15, -0.1) is 0 Å². The number of hydrogen-bond donors (Lipinski definition) is 2. The molecule has 110 valence electrons. The summed E-state index contributed by atoms with van der Waals surface area (Å²) in [4.78, 5) is 24.5. The van der Waals surface area contributed by atoms with Gasteiger partial charge in [0.05, 0.1) is 0 Å². The average Bonchev–Trinajstić information content (AvgIpc) is 2.92. The lowest BCUT2D eigenvalue weighted by molar-refractivity contribution is 0.0936. The van der Waals surface area contributed by atoms with Crippen molar-refractivity contribution < 1.29 is 9.21 Å². The lowest BCUT2D eigenvalue weighted by Crippen LogP contribution is -2.38. The van der Waals surface area contributed by atoms with E-state index in [1.54, 1.807) is 19.1 Å². The van der Waals surface area contributed by atoms with Crippen LogP contribution in [0.25, 0.3) is 11.0 Å². The Kier molecular flexibility index (Phi) is 3.82. The highest BCUT2D eigenvalue weighted by atomic mass is 79.9. The third kappa shape index (κ3) is 2.73. The van der Waals surface area contributed by atoms with Gasteiger partial charge in [0, 0.05) is 22.4 Å². The molecule has 5 nitrogen and oxygen atoms in total. The first kappa shape index (κ1) is 14.3. The van der Waals surface area contributed by atoms with E-state index in [4.69, 9.17) is 4.42 Å². The molecule has 0 bridgehead atoms. The lowest BCUT2D eigenvalue weighted by Gasteiger charge is -2.12. The van der Waals surface area contributed by atoms with Gasteiger partial charge < -0.3 is 15.1 Å². The Morgan fingerprint density at radius 1 is 1.48 bits per heavy atom. The minimum absolute atomic E-state index is 0.0644. The zero-order chi connectivity index (χ0) is 15.0. The molecule has 2 heterocycles. The molecule has 3 rings (SSSR count). The predicted octanol–water partition coefficient (Wildman–Crippen LogP) is 1.96. The summed E-state index contributed by atoms with van der Waals surface area (Å²) in [5, 5.41) is 6.82. The fraction of sp³-hybridized carbons (Fsp3) is 0.333. The van der Waals surface area contributed by atoms with Crippen molar-refractivity contribution in [3.05, 3.63) is 44.2 Å². The summed E-state index contributed by atoms with van der Waals surface area (Å²) in [5.74, 6) is -0.364. The van der Waals surface area contributed by atoms with E-state index in [1.165, 1.54) is 0 Å². The van der Waals surface area contributed by atoms with Crippen LogP contribution in [-0.4, -0.2) is 25.0 Å². The number of benzene rings is 1. The van der Waals surface area contributed by atoms with Gasteiger partial charge in [0.25, 0.3) is 5.91 Å². The monoisotopic (exact) mass is 350 g/mol. The molecule has 1 aliphatic heterocycles. The van der Waals surface area contributed by atoms with E-state index < -0.39 is 5.63 Å². The standard InChI is InChI=1S/C15H15BrN2O3/c1-8-11-6-9(16)2-3-12(11)21-15(20)13(8)14(19)18-10-4-5-17-7-10/h2-3,6,10,17H,4-5,7H2,1H3,(H,18,19).